The topological polar surface area (TPSA) is 36.4 Å². The molecule has 1 atom stereocenters. The molecule has 1 heterocycles. The van der Waals surface area contributed by atoms with Crippen LogP contribution in [0.5, 0.6) is 0 Å². The summed E-state index contributed by atoms with van der Waals surface area (Å²) < 4.78 is 12.8. The van der Waals surface area contributed by atoms with Crippen molar-refractivity contribution in [3.05, 3.63) is 35.6 Å². The van der Waals surface area contributed by atoms with E-state index >= 15 is 0 Å². The van der Waals surface area contributed by atoms with Gasteiger partial charge in [-0.15, -0.1) is 0 Å². The number of halogens is 1. The van der Waals surface area contributed by atoms with Crippen LogP contribution in [0.3, 0.4) is 0 Å². The third-order valence-corrected chi connectivity index (χ3v) is 4.60. The number of benzene rings is 1. The molecule has 0 aromatic heterocycles. The fraction of sp³-hybridized carbons (Fsp3) is 0.533. The summed E-state index contributed by atoms with van der Waals surface area (Å²) in [4.78, 5) is 4.54. The molecule has 0 bridgehead atoms. The number of hydrogen-bond donors (Lipinski definition) is 2. The Hall–Kier alpha value is -1.23. The number of nitrogens with zero attached hydrogens (tertiary/aromatic N) is 1. The molecular formula is C15H22FN3S. The Morgan fingerprint density at radius 3 is 2.80 bits per heavy atom. The number of guanidine groups is 1. The third-order valence-electron chi connectivity index (χ3n) is 3.20. The summed E-state index contributed by atoms with van der Waals surface area (Å²) in [5.41, 5.74) is 1.01. The second-order valence-electron chi connectivity index (χ2n) is 4.84. The quantitative estimate of drug-likeness (QED) is 0.648. The van der Waals surface area contributed by atoms with Gasteiger partial charge in [0.25, 0.3) is 0 Å². The zero-order chi connectivity index (χ0) is 14.2. The van der Waals surface area contributed by atoms with Gasteiger partial charge >= 0.3 is 0 Å². The average molecular weight is 295 g/mol. The van der Waals surface area contributed by atoms with Gasteiger partial charge in [-0.2, -0.15) is 11.8 Å². The highest BCUT2D eigenvalue weighted by molar-refractivity contribution is 8.00. The second kappa shape index (κ2) is 8.15. The molecule has 0 radical (unpaired) electrons. The molecule has 2 rings (SSSR count). The first-order chi connectivity index (χ1) is 9.78. The molecule has 5 heteroatoms. The smallest absolute Gasteiger partial charge is 0.191 e. The standard InChI is InChI=1S/C15H22FN3S/c1-2-17-15(19-11-14-4-3-9-20-14)18-10-12-5-7-13(16)8-6-12/h5-8,14H,2-4,9-11H2,1H3,(H2,17,18,19). The normalized spacial score (nSPS) is 19.1. The van der Waals surface area contributed by atoms with Crippen LogP contribution < -0.4 is 10.6 Å². The summed E-state index contributed by atoms with van der Waals surface area (Å²) >= 11 is 2.03. The molecule has 1 fully saturated rings. The van der Waals surface area contributed by atoms with E-state index in [1.165, 1.54) is 30.7 Å². The molecule has 1 aromatic carbocycles. The van der Waals surface area contributed by atoms with Crippen molar-refractivity contribution < 1.29 is 4.39 Å². The molecule has 1 unspecified atom stereocenters. The monoisotopic (exact) mass is 295 g/mol. The summed E-state index contributed by atoms with van der Waals surface area (Å²) in [7, 11) is 0. The van der Waals surface area contributed by atoms with Gasteiger partial charge in [-0.3, -0.25) is 0 Å². The molecule has 20 heavy (non-hydrogen) atoms. The van der Waals surface area contributed by atoms with Gasteiger partial charge in [-0.05, 0) is 43.2 Å². The molecule has 1 aliphatic heterocycles. The summed E-state index contributed by atoms with van der Waals surface area (Å²) in [5.74, 6) is 1.90. The zero-order valence-corrected chi connectivity index (χ0v) is 12.7. The van der Waals surface area contributed by atoms with Crippen molar-refractivity contribution >= 4 is 17.7 Å². The van der Waals surface area contributed by atoms with E-state index in [2.05, 4.69) is 22.5 Å². The van der Waals surface area contributed by atoms with Crippen LogP contribution >= 0.6 is 11.8 Å². The maximum absolute atomic E-state index is 12.8. The van der Waals surface area contributed by atoms with E-state index in [1.54, 1.807) is 12.1 Å². The van der Waals surface area contributed by atoms with E-state index in [9.17, 15) is 4.39 Å². The second-order valence-corrected chi connectivity index (χ2v) is 6.25. The van der Waals surface area contributed by atoms with Crippen LogP contribution in [-0.2, 0) is 6.54 Å². The highest BCUT2D eigenvalue weighted by Crippen LogP contribution is 2.25. The molecule has 110 valence electrons. The Morgan fingerprint density at radius 2 is 2.15 bits per heavy atom. The van der Waals surface area contributed by atoms with Gasteiger partial charge in [0.2, 0.25) is 0 Å². The van der Waals surface area contributed by atoms with E-state index in [0.717, 1.165) is 24.6 Å². The van der Waals surface area contributed by atoms with Crippen LogP contribution in [0.4, 0.5) is 4.39 Å². The first-order valence-corrected chi connectivity index (χ1v) is 8.21. The summed E-state index contributed by atoms with van der Waals surface area (Å²) in [6, 6.07) is 6.49. The van der Waals surface area contributed by atoms with Crippen molar-refractivity contribution in [2.24, 2.45) is 4.99 Å². The van der Waals surface area contributed by atoms with Crippen LogP contribution in [0.2, 0.25) is 0 Å². The summed E-state index contributed by atoms with van der Waals surface area (Å²) in [6.45, 7) is 4.42. The summed E-state index contributed by atoms with van der Waals surface area (Å²) in [6.07, 6.45) is 2.61. The van der Waals surface area contributed by atoms with Crippen LogP contribution in [0.15, 0.2) is 29.3 Å². The number of thioether (sulfide) groups is 1. The Balaban J connectivity index is 1.85. The van der Waals surface area contributed by atoms with Crippen LogP contribution in [0.1, 0.15) is 25.3 Å². The lowest BCUT2D eigenvalue weighted by molar-refractivity contribution is 0.627. The molecular weight excluding hydrogens is 273 g/mol. The predicted octanol–water partition coefficient (Wildman–Crippen LogP) is 2.78. The molecule has 1 aliphatic rings. The van der Waals surface area contributed by atoms with Crippen LogP contribution in [-0.4, -0.2) is 30.1 Å². The highest BCUT2D eigenvalue weighted by Gasteiger charge is 2.15. The van der Waals surface area contributed by atoms with E-state index in [0.29, 0.717) is 11.8 Å². The number of aliphatic imine (C=N–C) groups is 1. The first kappa shape index (κ1) is 15.2. The largest absolute Gasteiger partial charge is 0.357 e. The van der Waals surface area contributed by atoms with Crippen LogP contribution in [0, 0.1) is 5.82 Å². The van der Waals surface area contributed by atoms with Crippen molar-refractivity contribution in [3.8, 4) is 0 Å². The van der Waals surface area contributed by atoms with E-state index < -0.39 is 0 Å². The van der Waals surface area contributed by atoms with Crippen molar-refractivity contribution in [3.63, 3.8) is 0 Å². The first-order valence-electron chi connectivity index (χ1n) is 7.16. The minimum absolute atomic E-state index is 0.207. The minimum Gasteiger partial charge on any atom is -0.357 e. The molecule has 0 saturated carbocycles. The van der Waals surface area contributed by atoms with E-state index in [1.807, 2.05) is 11.8 Å². The van der Waals surface area contributed by atoms with Crippen LogP contribution in [0.25, 0.3) is 0 Å². The maximum atomic E-state index is 12.8. The molecule has 0 spiro atoms. The zero-order valence-electron chi connectivity index (χ0n) is 11.9. The lowest BCUT2D eigenvalue weighted by Crippen LogP contribution is -2.40. The van der Waals surface area contributed by atoms with Gasteiger partial charge in [0.15, 0.2) is 5.96 Å². The van der Waals surface area contributed by atoms with E-state index in [4.69, 9.17) is 0 Å². The lowest BCUT2D eigenvalue weighted by Gasteiger charge is -2.14. The Labute approximate surface area is 124 Å². The number of rotatable bonds is 5. The van der Waals surface area contributed by atoms with Gasteiger partial charge in [-0.25, -0.2) is 9.38 Å². The van der Waals surface area contributed by atoms with Gasteiger partial charge in [0.05, 0.1) is 6.54 Å². The Bertz CT molecular complexity index is 427. The lowest BCUT2D eigenvalue weighted by atomic mass is 10.2. The molecule has 1 saturated heterocycles. The van der Waals surface area contributed by atoms with Crippen molar-refractivity contribution in [2.45, 2.75) is 31.6 Å². The molecule has 0 aliphatic carbocycles. The maximum Gasteiger partial charge on any atom is 0.191 e. The van der Waals surface area contributed by atoms with Gasteiger partial charge in [-0.1, -0.05) is 12.1 Å². The van der Waals surface area contributed by atoms with Gasteiger partial charge in [0.1, 0.15) is 5.82 Å². The SMILES string of the molecule is CCNC(=NCc1ccc(F)cc1)NCC1CCCS1. The Morgan fingerprint density at radius 1 is 1.35 bits per heavy atom. The molecule has 3 nitrogen and oxygen atoms in total. The number of hydrogen-bond acceptors (Lipinski definition) is 2. The van der Waals surface area contributed by atoms with Crippen molar-refractivity contribution in [1.82, 2.24) is 10.6 Å². The minimum atomic E-state index is -0.207. The Kier molecular flexibility index (Phi) is 6.18. The highest BCUT2D eigenvalue weighted by atomic mass is 32.2. The van der Waals surface area contributed by atoms with Gasteiger partial charge < -0.3 is 10.6 Å². The van der Waals surface area contributed by atoms with E-state index in [-0.39, 0.29) is 5.82 Å². The predicted molar refractivity (Wildman–Crippen MR) is 84.7 cm³/mol. The third kappa shape index (κ3) is 5.04. The molecule has 0 amide bonds. The fourth-order valence-electron chi connectivity index (χ4n) is 2.12. The van der Waals surface area contributed by atoms with Crippen molar-refractivity contribution in [1.29, 1.82) is 0 Å². The molecule has 1 aromatic rings. The average Bonchev–Trinajstić information content (AvgIpc) is 2.97. The summed E-state index contributed by atoms with van der Waals surface area (Å²) in [5, 5.41) is 7.33. The van der Waals surface area contributed by atoms with Gasteiger partial charge in [0, 0.05) is 18.3 Å². The molecule has 2 N–H and O–H groups in total. The van der Waals surface area contributed by atoms with Crippen molar-refractivity contribution in [2.75, 3.05) is 18.8 Å². The number of nitrogens with one attached hydrogen (secondary N) is 2. The fourth-order valence-corrected chi connectivity index (χ4v) is 3.32.